The molecule has 0 aliphatic carbocycles. The maximum absolute atomic E-state index is 15.0. The number of carbonyl (C=O) groups is 10. The van der Waals surface area contributed by atoms with Gasteiger partial charge in [-0.05, 0) is 62.4 Å². The number of carboxylic acid groups (broad SMARTS) is 2. The number of aliphatic hydroxyl groups excluding tert-OH is 3. The van der Waals surface area contributed by atoms with Gasteiger partial charge in [-0.25, -0.2) is 0 Å². The van der Waals surface area contributed by atoms with Crippen molar-refractivity contribution in [1.29, 1.82) is 0 Å². The Morgan fingerprint density at radius 1 is 0.582 bits per heavy atom. The van der Waals surface area contributed by atoms with Crippen LogP contribution in [0.15, 0.2) is 85.1 Å². The molecule has 1 aliphatic heterocycles. The van der Waals surface area contributed by atoms with E-state index < -0.39 is 166 Å². The Morgan fingerprint density at radius 3 is 1.56 bits per heavy atom. The van der Waals surface area contributed by atoms with E-state index in [1.54, 1.807) is 65.7 Å². The van der Waals surface area contributed by atoms with E-state index in [0.717, 1.165) is 0 Å². The topological polar surface area (TPSA) is 486 Å². The Hall–Kier alpha value is -7.05. The maximum Gasteiger partial charge on any atom is 3.00 e. The SMILES string of the molecule is C[C@@H](O)[C@H](NC(=O)[C@H](CCCCN)NC(=O)[C@H](Cc1c[nH]c2ccccc12)NC(=O)[C@H](Cc1ccc([O-])cc1)NC(=O)[C@H](CS)NC(=O)[C@H](Cc1ccccc1)NC(=O)CCP(=O)(O)CN1CCN(CC(=O)[O-])CCN(CC(=O)[O-])CC1)C(=O)N[C@@H](CS)C(=O)N[C@H](CO)[C@@H](C)O.[68Ga+3]. The molecule has 3 aromatic carbocycles. The van der Waals surface area contributed by atoms with Gasteiger partial charge in [-0.1, -0.05) is 72.8 Å². The van der Waals surface area contributed by atoms with Crippen molar-refractivity contribution >= 4 is 123 Å². The number of unbranched alkanes of at least 4 members (excludes halogenated alkanes) is 1. The number of carboxylic acids is 2. The molecule has 8 amide bonds. The molecule has 0 spiro atoms. The van der Waals surface area contributed by atoms with Gasteiger partial charge in [0.1, 0.15) is 42.3 Å². The molecule has 2 heterocycles. The van der Waals surface area contributed by atoms with E-state index in [2.05, 4.69) is 72.8 Å². The Morgan fingerprint density at radius 2 is 1.04 bits per heavy atom. The quantitative estimate of drug-likeness (QED) is 0.00855. The van der Waals surface area contributed by atoms with E-state index in [1.165, 1.54) is 47.9 Å². The van der Waals surface area contributed by atoms with E-state index >= 15 is 0 Å². The van der Waals surface area contributed by atoms with E-state index in [1.807, 2.05) is 0 Å². The van der Waals surface area contributed by atoms with Crippen LogP contribution in [-0.2, 0) is 71.8 Å². The number of thiol groups is 2. The molecular weight excluding hydrogens is 1390 g/mol. The number of hydrogen-bond acceptors (Lipinski definition) is 23. The van der Waals surface area contributed by atoms with Crippen LogP contribution in [-0.4, -0.2) is 269 Å². The van der Waals surface area contributed by atoms with Gasteiger partial charge in [0.05, 0.1) is 43.1 Å². The number of nitrogens with zero attached hydrogens (tertiary/aromatic N) is 3. The number of carbonyl (C=O) groups excluding carboxylic acids is 10. The van der Waals surface area contributed by atoms with Crippen LogP contribution in [0.25, 0.3) is 10.9 Å². The fraction of sp³-hybridized carbons (Fsp3) is 0.524. The van der Waals surface area contributed by atoms with Gasteiger partial charge in [-0.15, -0.1) is 5.75 Å². The van der Waals surface area contributed by atoms with E-state index in [-0.39, 0.29) is 115 Å². The zero-order chi connectivity index (χ0) is 71.4. The number of fused-ring (bicyclic) bond motifs is 1. The standard InChI is InChI=1S/C63H92N13O18PS2.Ga/c1-38(78)50(34-77)70-62(91)52(36-97)72-63(92)56(39(2)79)73-57(86)46(14-8-9-20-64)67-60(89)49(30-42-31-65-45-13-7-6-12-44(42)45)69-59(88)48(29-41-15-17-43(80)18-16-41)68-61(90)51(35-96)71-58(87)47(28-40-10-4-3-5-11-40)66-53(81)19-27-95(93,94)37-76-25-23-74(32-54(82)83)21-22-75(24-26-76)33-55(84)85;/h3-7,10-13,15-18,31,38-39,46-52,56,65,77-80,96-97H,8-9,14,19-30,32-37,64H2,1-2H3,(H,66,81)(H,67,89)(H,68,90)(H,69,88)(H,70,91)(H,71,87)(H,72,92)(H,73,86)(H,82,83)(H,84,85)(H,93,94);/q;+3/p-3/t38-,39-,46+,47+,48+,49+,50-,51+,52+,56+;/m1./s1/i;1-2. The molecule has 0 saturated carbocycles. The number of H-pyrrole nitrogens is 1. The smallest absolute Gasteiger partial charge is 0.872 e. The molecular formula is C63H89GaN13O18PS2. The summed E-state index contributed by atoms with van der Waals surface area (Å²) in [6, 6.07) is 9.03. The van der Waals surface area contributed by atoms with Gasteiger partial charge in [0, 0.05) is 113 Å². The third-order valence-electron chi connectivity index (χ3n) is 16.1. The predicted octanol–water partition coefficient (Wildman–Crippen LogP) is -6.45. The monoisotopic (exact) mass is 1480 g/mol. The number of benzene rings is 3. The molecule has 1 fully saturated rings. The number of aromatic amines is 1. The average molecular weight is 1480 g/mol. The predicted molar refractivity (Wildman–Crippen MR) is 363 cm³/mol. The minimum absolute atomic E-state index is 0. The summed E-state index contributed by atoms with van der Waals surface area (Å²) in [5.74, 6) is -11.2. The number of nitrogens with one attached hydrogen (secondary N) is 9. The maximum atomic E-state index is 15.0. The minimum Gasteiger partial charge on any atom is -0.872 e. The van der Waals surface area contributed by atoms with Crippen LogP contribution in [0.1, 0.15) is 56.2 Å². The van der Waals surface area contributed by atoms with E-state index in [9.17, 15) is 88.0 Å². The first kappa shape index (κ1) is 83.4. The molecule has 0 bridgehead atoms. The van der Waals surface area contributed by atoms with Gasteiger partial charge < -0.3 is 98.4 Å². The number of para-hydroxylation sites is 1. The number of amides is 8. The molecule has 1 aromatic heterocycles. The molecule has 31 nitrogen and oxygen atoms in total. The third-order valence-corrected chi connectivity index (χ3v) is 18.5. The zero-order valence-electron chi connectivity index (χ0n) is 54.5. The van der Waals surface area contributed by atoms with Crippen molar-refractivity contribution in [2.75, 3.05) is 89.5 Å². The van der Waals surface area contributed by atoms with E-state index in [0.29, 0.717) is 34.0 Å². The molecule has 1 unspecified atom stereocenters. The van der Waals surface area contributed by atoms with Crippen LogP contribution in [0.5, 0.6) is 5.75 Å². The fourth-order valence-electron chi connectivity index (χ4n) is 10.6. The molecule has 98 heavy (non-hydrogen) atoms. The van der Waals surface area contributed by atoms with Crippen LogP contribution in [0, 0.1) is 0 Å². The third kappa shape index (κ3) is 28.3. The van der Waals surface area contributed by atoms with Crippen LogP contribution >= 0.6 is 32.6 Å². The first-order valence-electron chi connectivity index (χ1n) is 31.7. The van der Waals surface area contributed by atoms with Crippen LogP contribution in [0.2, 0.25) is 0 Å². The van der Waals surface area contributed by atoms with Crippen LogP contribution in [0.4, 0.5) is 0 Å². The van der Waals surface area contributed by atoms with Crippen molar-refractivity contribution in [1.82, 2.24) is 62.2 Å². The van der Waals surface area contributed by atoms with Gasteiger partial charge in [-0.3, -0.25) is 57.6 Å². The van der Waals surface area contributed by atoms with Gasteiger partial charge in [0.15, 0.2) is 0 Å². The van der Waals surface area contributed by atoms with Crippen molar-refractivity contribution in [3.05, 3.63) is 102 Å². The van der Waals surface area contributed by atoms with Crippen LogP contribution in [0.3, 0.4) is 0 Å². The second-order valence-corrected chi connectivity index (χ2v) is 27.0. The van der Waals surface area contributed by atoms with Crippen LogP contribution < -0.4 is 63.6 Å². The zero-order valence-corrected chi connectivity index (χ0v) is 59.7. The first-order valence-corrected chi connectivity index (χ1v) is 35.0. The number of nitrogens with two attached hydrogens (primary N) is 1. The first-order chi connectivity index (χ1) is 46.1. The molecule has 1 saturated heterocycles. The Labute approximate surface area is 591 Å². The Balaban J connectivity index is 0.0000204. The summed E-state index contributed by atoms with van der Waals surface area (Å²) in [4.78, 5) is 156. The molecule has 35 heteroatoms. The Kier molecular flexibility index (Phi) is 35.8. The van der Waals surface area contributed by atoms with Gasteiger partial charge in [-0.2, -0.15) is 25.3 Å². The fourth-order valence-corrected chi connectivity index (χ4v) is 12.7. The van der Waals surface area contributed by atoms with Crippen molar-refractivity contribution < 1.29 is 88.0 Å². The number of aliphatic hydroxyl groups is 3. The number of aliphatic carboxylic acids is 2. The van der Waals surface area contributed by atoms with Crippen molar-refractivity contribution in [3.8, 4) is 5.75 Å². The molecule has 5 rings (SSSR count). The molecule has 15 N–H and O–H groups in total. The molecule has 11 atom stereocenters. The summed E-state index contributed by atoms with van der Waals surface area (Å²) in [5.41, 5.74) is 7.92. The number of hydrogen-bond donors (Lipinski definition) is 16. The summed E-state index contributed by atoms with van der Waals surface area (Å²) in [7, 11) is -4.19. The van der Waals surface area contributed by atoms with Crippen molar-refractivity contribution in [3.63, 3.8) is 0 Å². The van der Waals surface area contributed by atoms with Gasteiger partial charge in [0.25, 0.3) is 0 Å². The molecule has 0 radical (unpaired) electrons. The molecule has 534 valence electrons. The summed E-state index contributed by atoms with van der Waals surface area (Å²) >= 11 is 8.52. The Bertz CT molecular complexity index is 3300. The van der Waals surface area contributed by atoms with Gasteiger partial charge >= 0.3 is 19.8 Å². The summed E-state index contributed by atoms with van der Waals surface area (Å²) in [5, 5.41) is 86.8. The van der Waals surface area contributed by atoms with E-state index in [4.69, 9.17) is 5.73 Å². The summed E-state index contributed by atoms with van der Waals surface area (Å²) in [6.07, 6.45) is -2.87. The minimum atomic E-state index is -4.19. The number of rotatable bonds is 39. The second kappa shape index (κ2) is 42.1. The largest absolute Gasteiger partial charge is 3.00 e. The van der Waals surface area contributed by atoms with Crippen molar-refractivity contribution in [2.24, 2.45) is 5.73 Å². The second-order valence-electron chi connectivity index (χ2n) is 23.8. The molecule has 1 aliphatic rings. The van der Waals surface area contributed by atoms with Gasteiger partial charge in [0.2, 0.25) is 54.6 Å². The number of aromatic nitrogens is 1. The normalized spacial score (nSPS) is 16.8. The summed E-state index contributed by atoms with van der Waals surface area (Å²) in [6.45, 7) is 2.00. The average Bonchev–Trinajstić information content (AvgIpc) is 1.62. The summed E-state index contributed by atoms with van der Waals surface area (Å²) < 4.78 is 13.7. The van der Waals surface area contributed by atoms with Crippen molar-refractivity contribution in [2.45, 2.75) is 119 Å². The molecule has 4 aromatic rings.